The third kappa shape index (κ3) is 0.447. The Morgan fingerprint density at radius 2 is 1.80 bits per heavy atom. The van der Waals surface area contributed by atoms with E-state index < -0.39 is 11.6 Å². The van der Waals surface area contributed by atoms with E-state index in [9.17, 15) is 0 Å². The molecule has 0 aromatic heterocycles. The maximum Gasteiger partial charge on any atom is 0.253 e. The van der Waals surface area contributed by atoms with Crippen molar-refractivity contribution in [1.82, 2.24) is 0 Å². The van der Waals surface area contributed by atoms with Crippen molar-refractivity contribution in [3.8, 4) is 0 Å². The number of rotatable bonds is 1. The number of hydrogen-bond acceptors (Lipinski definition) is 3. The first kappa shape index (κ1) is 6.58. The molecule has 1 N–H and O–H groups in total. The van der Waals surface area contributed by atoms with E-state index in [1.54, 1.807) is 0 Å². The van der Waals surface area contributed by atoms with Crippen LogP contribution in [0.2, 0.25) is 0 Å². The smallest absolute Gasteiger partial charge is 0.253 e. The number of aliphatic hydroxyl groups is 1. The van der Waals surface area contributed by atoms with Crippen molar-refractivity contribution < 1.29 is 14.6 Å². The molecule has 0 atom stereocenters. The van der Waals surface area contributed by atoms with Gasteiger partial charge in [0.25, 0.3) is 5.79 Å². The molecular weight excluding hydrogens is 132 g/mol. The fraction of sp³-hybridized carbons (Fsp3) is 1.00. The van der Waals surface area contributed by atoms with Crippen molar-refractivity contribution in [3.05, 3.63) is 0 Å². The van der Waals surface area contributed by atoms with Gasteiger partial charge in [-0.2, -0.15) is 0 Å². The van der Waals surface area contributed by atoms with Crippen LogP contribution in [0.25, 0.3) is 0 Å². The summed E-state index contributed by atoms with van der Waals surface area (Å²) in [7, 11) is 0. The highest BCUT2D eigenvalue weighted by Crippen LogP contribution is 2.74. The predicted octanol–water partition coefficient (Wildman–Crippen LogP) is 0.478. The third-order valence-corrected chi connectivity index (χ3v) is 2.23. The molecule has 2 fully saturated rings. The van der Waals surface area contributed by atoms with Gasteiger partial charge in [-0.1, -0.05) is 20.8 Å². The van der Waals surface area contributed by atoms with Crippen molar-refractivity contribution in [3.63, 3.8) is 0 Å². The summed E-state index contributed by atoms with van der Waals surface area (Å²) in [5.74, 6) is -1.06. The molecule has 0 saturated carbocycles. The molecule has 2 aliphatic rings. The fourth-order valence-electron chi connectivity index (χ4n) is 1.47. The molecule has 58 valence electrons. The van der Waals surface area contributed by atoms with E-state index >= 15 is 0 Å². The van der Waals surface area contributed by atoms with Gasteiger partial charge >= 0.3 is 0 Å². The molecule has 0 spiro atoms. The van der Waals surface area contributed by atoms with Crippen LogP contribution in [0, 0.1) is 5.41 Å². The van der Waals surface area contributed by atoms with Gasteiger partial charge < -0.3 is 14.6 Å². The molecule has 2 heterocycles. The minimum absolute atomic E-state index is 0.0181. The molecule has 0 aromatic rings. The maximum atomic E-state index is 8.79. The summed E-state index contributed by atoms with van der Waals surface area (Å²) < 4.78 is 10.4. The molecule has 0 aromatic carbocycles. The fourth-order valence-corrected chi connectivity index (χ4v) is 1.47. The number of epoxide rings is 2. The predicted molar refractivity (Wildman–Crippen MR) is 34.2 cm³/mol. The lowest BCUT2D eigenvalue weighted by Crippen LogP contribution is -2.21. The Balaban J connectivity index is 2.14. The van der Waals surface area contributed by atoms with Crippen LogP contribution in [0.3, 0.4) is 0 Å². The molecule has 0 bridgehead atoms. The first-order chi connectivity index (χ1) is 4.47. The minimum atomic E-state index is -0.606. The molecular formula is C7H12O3. The Kier molecular flexibility index (Phi) is 0.832. The van der Waals surface area contributed by atoms with E-state index in [4.69, 9.17) is 14.6 Å². The Hall–Kier alpha value is -0.120. The summed E-state index contributed by atoms with van der Waals surface area (Å²) >= 11 is 0. The van der Waals surface area contributed by atoms with Gasteiger partial charge in [0.15, 0.2) is 0 Å². The van der Waals surface area contributed by atoms with Crippen LogP contribution in [-0.4, -0.2) is 23.3 Å². The lowest BCUT2D eigenvalue weighted by molar-refractivity contribution is -0.143. The van der Waals surface area contributed by atoms with Gasteiger partial charge in [-0.15, -0.1) is 0 Å². The van der Waals surface area contributed by atoms with E-state index in [1.165, 1.54) is 0 Å². The van der Waals surface area contributed by atoms with Crippen molar-refractivity contribution >= 4 is 0 Å². The zero-order valence-electron chi connectivity index (χ0n) is 6.47. The first-order valence-corrected chi connectivity index (χ1v) is 3.49. The largest absolute Gasteiger partial charge is 0.391 e. The third-order valence-electron chi connectivity index (χ3n) is 2.23. The average molecular weight is 144 g/mol. The zero-order valence-corrected chi connectivity index (χ0v) is 6.47. The number of fused-ring (bicyclic) bond motifs is 1. The summed E-state index contributed by atoms with van der Waals surface area (Å²) in [5, 5.41) is 8.79. The van der Waals surface area contributed by atoms with Crippen LogP contribution >= 0.6 is 0 Å². The van der Waals surface area contributed by atoms with Crippen LogP contribution in [0.5, 0.6) is 0 Å². The van der Waals surface area contributed by atoms with Gasteiger partial charge in [0.05, 0.1) is 0 Å². The lowest BCUT2D eigenvalue weighted by atomic mass is 9.90. The van der Waals surface area contributed by atoms with Crippen molar-refractivity contribution in [2.24, 2.45) is 5.41 Å². The molecule has 10 heavy (non-hydrogen) atoms. The van der Waals surface area contributed by atoms with Crippen LogP contribution < -0.4 is 0 Å². The van der Waals surface area contributed by atoms with Gasteiger partial charge in [0, 0.05) is 5.41 Å². The summed E-state index contributed by atoms with van der Waals surface area (Å²) in [5.41, 5.74) is -0.0181. The quantitative estimate of drug-likeness (QED) is 0.544. The van der Waals surface area contributed by atoms with Crippen molar-refractivity contribution in [2.75, 3.05) is 6.61 Å². The van der Waals surface area contributed by atoms with Gasteiger partial charge in [0.1, 0.15) is 6.61 Å². The summed E-state index contributed by atoms with van der Waals surface area (Å²) in [6, 6.07) is 0. The second-order valence-electron chi connectivity index (χ2n) is 3.98. The number of ether oxygens (including phenoxy) is 2. The molecule has 0 unspecified atom stereocenters. The molecule has 2 aliphatic heterocycles. The molecule has 0 amide bonds. The average Bonchev–Trinajstić information content (AvgIpc) is 2.42. The lowest BCUT2D eigenvalue weighted by Gasteiger charge is -2.16. The molecule has 3 heteroatoms. The second kappa shape index (κ2) is 1.26. The standard InChI is InChI=1S/C7H12O3/c1-5(2,3)7-6(4-8,9-7)10-7/h8H,4H2,1-3H3. The summed E-state index contributed by atoms with van der Waals surface area (Å²) in [4.78, 5) is 0. The Morgan fingerprint density at radius 1 is 1.30 bits per heavy atom. The SMILES string of the molecule is CC(C)(C)C12OC1(CO)O2. The topological polar surface area (TPSA) is 45.3 Å². The molecule has 0 aliphatic carbocycles. The number of aliphatic hydroxyl groups excluding tert-OH is 1. The van der Waals surface area contributed by atoms with E-state index in [0.29, 0.717) is 0 Å². The van der Waals surface area contributed by atoms with Gasteiger partial charge in [0.2, 0.25) is 5.79 Å². The maximum absolute atomic E-state index is 8.79. The highest BCUT2D eigenvalue weighted by molar-refractivity contribution is 5.22. The van der Waals surface area contributed by atoms with Crippen LogP contribution in [-0.2, 0) is 9.47 Å². The van der Waals surface area contributed by atoms with E-state index in [-0.39, 0.29) is 12.0 Å². The highest BCUT2D eigenvalue weighted by atomic mass is 17.1. The molecule has 0 radical (unpaired) electrons. The van der Waals surface area contributed by atoms with E-state index in [1.807, 2.05) is 20.8 Å². The second-order valence-corrected chi connectivity index (χ2v) is 3.98. The van der Waals surface area contributed by atoms with Gasteiger partial charge in [-0.3, -0.25) is 0 Å². The van der Waals surface area contributed by atoms with Gasteiger partial charge in [-0.05, 0) is 0 Å². The Labute approximate surface area is 59.9 Å². The van der Waals surface area contributed by atoms with E-state index in [2.05, 4.69) is 0 Å². The van der Waals surface area contributed by atoms with Gasteiger partial charge in [-0.25, -0.2) is 0 Å². The number of hydrogen-bond donors (Lipinski definition) is 1. The summed E-state index contributed by atoms with van der Waals surface area (Å²) in [6.45, 7) is 6.09. The first-order valence-electron chi connectivity index (χ1n) is 3.49. The van der Waals surface area contributed by atoms with Crippen LogP contribution in [0.4, 0.5) is 0 Å². The zero-order chi connectivity index (χ0) is 7.62. The van der Waals surface area contributed by atoms with Crippen molar-refractivity contribution in [1.29, 1.82) is 0 Å². The summed E-state index contributed by atoms with van der Waals surface area (Å²) in [6.07, 6.45) is 0. The van der Waals surface area contributed by atoms with Crippen LogP contribution in [0.15, 0.2) is 0 Å². The molecule has 2 saturated heterocycles. The Morgan fingerprint density at radius 3 is 1.90 bits per heavy atom. The normalized spacial score (nSPS) is 50.4. The van der Waals surface area contributed by atoms with E-state index in [0.717, 1.165) is 0 Å². The monoisotopic (exact) mass is 144 g/mol. The van der Waals surface area contributed by atoms with Crippen molar-refractivity contribution in [2.45, 2.75) is 32.3 Å². The Bertz CT molecular complexity index is 174. The molecule has 3 nitrogen and oxygen atoms in total. The minimum Gasteiger partial charge on any atom is -0.391 e. The highest BCUT2D eigenvalue weighted by Gasteiger charge is 2.94. The van der Waals surface area contributed by atoms with Crippen LogP contribution in [0.1, 0.15) is 20.8 Å². The molecule has 2 rings (SSSR count).